The highest BCUT2D eigenvalue weighted by Crippen LogP contribution is 2.42. The zero-order valence-electron chi connectivity index (χ0n) is 23.8. The zero-order chi connectivity index (χ0) is 26.7. The average molecular weight is 517 g/mol. The molecule has 198 valence electrons. The first-order chi connectivity index (χ1) is 17.7. The van der Waals surface area contributed by atoms with E-state index in [2.05, 4.69) is 89.2 Å². The molecule has 37 heavy (non-hydrogen) atoms. The van der Waals surface area contributed by atoms with E-state index in [1.165, 1.54) is 52.2 Å². The van der Waals surface area contributed by atoms with E-state index in [-0.39, 0.29) is 0 Å². The fraction of sp³-hybridized carbons (Fsp3) is 0.500. The van der Waals surface area contributed by atoms with Gasteiger partial charge in [-0.25, -0.2) is 4.98 Å². The summed E-state index contributed by atoms with van der Waals surface area (Å²) in [7, 11) is 0. The van der Waals surface area contributed by atoms with Gasteiger partial charge in [0.25, 0.3) is 0 Å². The number of thioether (sulfide) groups is 1. The van der Waals surface area contributed by atoms with Gasteiger partial charge in [-0.2, -0.15) is 0 Å². The van der Waals surface area contributed by atoms with Gasteiger partial charge in [-0.1, -0.05) is 58.0 Å². The lowest BCUT2D eigenvalue weighted by Crippen LogP contribution is -2.12. The predicted molar refractivity (Wildman–Crippen MR) is 162 cm³/mol. The Bertz CT molecular complexity index is 1300. The highest BCUT2D eigenvalue weighted by Gasteiger charge is 2.26. The molecule has 1 unspecified atom stereocenters. The van der Waals surface area contributed by atoms with Crippen LogP contribution in [0.25, 0.3) is 22.3 Å². The molecule has 1 fully saturated rings. The number of nitrogens with one attached hydrogen (secondary N) is 1. The Labute approximate surface area is 228 Å². The number of pyridine rings is 2. The maximum Gasteiger partial charge on any atom is 0.0942 e. The molecule has 1 aliphatic rings. The number of aromatic nitrogens is 3. The lowest BCUT2D eigenvalue weighted by Gasteiger charge is -2.26. The van der Waals surface area contributed by atoms with Crippen LogP contribution >= 0.6 is 11.8 Å². The molecule has 1 N–H and O–H groups in total. The van der Waals surface area contributed by atoms with Gasteiger partial charge in [0.1, 0.15) is 0 Å². The van der Waals surface area contributed by atoms with Gasteiger partial charge in [-0.05, 0) is 81.5 Å². The van der Waals surface area contributed by atoms with Crippen LogP contribution in [0, 0.1) is 12.8 Å². The van der Waals surface area contributed by atoms with Gasteiger partial charge in [0.05, 0.1) is 28.1 Å². The second-order valence-electron chi connectivity index (χ2n) is 10.9. The Kier molecular flexibility index (Phi) is 8.84. The summed E-state index contributed by atoms with van der Waals surface area (Å²) in [5, 5.41) is 3.86. The number of fused-ring (bicyclic) bond motifs is 1. The summed E-state index contributed by atoms with van der Waals surface area (Å²) in [5.41, 5.74) is 9.54. The lowest BCUT2D eigenvalue weighted by molar-refractivity contribution is 0.412. The first-order valence-corrected chi connectivity index (χ1v) is 14.8. The van der Waals surface area contributed by atoms with E-state index in [1.807, 2.05) is 6.20 Å². The van der Waals surface area contributed by atoms with E-state index >= 15 is 0 Å². The van der Waals surface area contributed by atoms with Crippen LogP contribution < -0.4 is 5.32 Å². The topological polar surface area (TPSA) is 42.7 Å². The van der Waals surface area contributed by atoms with E-state index in [9.17, 15) is 0 Å². The molecular weight excluding hydrogens is 472 g/mol. The third kappa shape index (κ3) is 5.82. The van der Waals surface area contributed by atoms with Gasteiger partial charge in [0, 0.05) is 40.9 Å². The van der Waals surface area contributed by atoms with Crippen molar-refractivity contribution in [3.8, 4) is 11.3 Å². The first kappa shape index (κ1) is 27.5. The van der Waals surface area contributed by atoms with Crippen LogP contribution in [-0.2, 0) is 6.42 Å². The van der Waals surface area contributed by atoms with Crippen LogP contribution in [-0.4, -0.2) is 21.1 Å². The van der Waals surface area contributed by atoms with Crippen molar-refractivity contribution >= 4 is 28.5 Å². The number of hydrogen-bond acceptors (Lipinski definition) is 4. The molecule has 1 aliphatic carbocycles. The Morgan fingerprint density at radius 3 is 2.62 bits per heavy atom. The van der Waals surface area contributed by atoms with Gasteiger partial charge in [-0.15, -0.1) is 0 Å². The highest BCUT2D eigenvalue weighted by atomic mass is 32.2. The molecule has 4 nitrogen and oxygen atoms in total. The van der Waals surface area contributed by atoms with Crippen LogP contribution in [0.15, 0.2) is 46.9 Å². The molecule has 4 rings (SSSR count). The fourth-order valence-corrected chi connectivity index (χ4v) is 6.28. The Morgan fingerprint density at radius 1 is 1.27 bits per heavy atom. The second kappa shape index (κ2) is 11.9. The molecule has 0 aliphatic heterocycles. The van der Waals surface area contributed by atoms with E-state index in [1.54, 1.807) is 11.8 Å². The van der Waals surface area contributed by atoms with Crippen molar-refractivity contribution in [2.45, 2.75) is 92.5 Å². The minimum atomic E-state index is 0.350. The van der Waals surface area contributed by atoms with E-state index in [4.69, 9.17) is 9.97 Å². The lowest BCUT2D eigenvalue weighted by atomic mass is 9.80. The molecule has 1 atom stereocenters. The van der Waals surface area contributed by atoms with E-state index in [0.717, 1.165) is 41.2 Å². The molecular formula is C32H44N4S. The van der Waals surface area contributed by atoms with E-state index in [0.29, 0.717) is 17.9 Å². The summed E-state index contributed by atoms with van der Waals surface area (Å²) < 4.78 is 2.49. The molecule has 0 saturated heterocycles. The summed E-state index contributed by atoms with van der Waals surface area (Å²) in [4.78, 5) is 12.6. The first-order valence-electron chi connectivity index (χ1n) is 14.0. The van der Waals surface area contributed by atoms with Crippen LogP contribution in [0.5, 0.6) is 0 Å². The van der Waals surface area contributed by atoms with Gasteiger partial charge in [-0.3, -0.25) is 4.98 Å². The highest BCUT2D eigenvalue weighted by molar-refractivity contribution is 8.06. The van der Waals surface area contributed by atoms with Crippen molar-refractivity contribution in [2.24, 2.45) is 5.92 Å². The number of nitrogens with zero attached hydrogens (tertiary/aromatic N) is 3. The van der Waals surface area contributed by atoms with E-state index < -0.39 is 0 Å². The normalized spacial score (nSPS) is 15.3. The molecule has 3 aromatic rings. The minimum absolute atomic E-state index is 0.350. The van der Waals surface area contributed by atoms with Crippen LogP contribution in [0.4, 0.5) is 5.69 Å². The summed E-state index contributed by atoms with van der Waals surface area (Å²) in [6.07, 6.45) is 10.2. The van der Waals surface area contributed by atoms with Gasteiger partial charge in [0.15, 0.2) is 0 Å². The zero-order valence-corrected chi connectivity index (χ0v) is 24.6. The van der Waals surface area contributed by atoms with Crippen molar-refractivity contribution in [3.05, 3.63) is 63.8 Å². The standard InChI is InChI=1S/C32H44N4S/c1-9-22(7)17-25(37-21(5)6)19-34-28-18-27(26-15-12-16-33-31(26)24-13-11-14-24)35-30-23(8)29(10-2)36(20(3)4)32(28)30/h12,15-18,20,22,24H,5,9-11,13-14,19H2,1-4,6-8H3,(H,34,35)/b25-17-. The summed E-state index contributed by atoms with van der Waals surface area (Å²) in [6.45, 7) is 20.6. The monoisotopic (exact) mass is 516 g/mol. The van der Waals surface area contributed by atoms with Crippen molar-refractivity contribution in [3.63, 3.8) is 0 Å². The predicted octanol–water partition coefficient (Wildman–Crippen LogP) is 9.43. The largest absolute Gasteiger partial charge is 0.379 e. The van der Waals surface area contributed by atoms with Crippen LogP contribution in [0.2, 0.25) is 0 Å². The van der Waals surface area contributed by atoms with Crippen molar-refractivity contribution in [2.75, 3.05) is 11.9 Å². The second-order valence-corrected chi connectivity index (χ2v) is 12.3. The molecule has 0 radical (unpaired) electrons. The van der Waals surface area contributed by atoms with Gasteiger partial charge < -0.3 is 9.88 Å². The number of allylic oxidation sites excluding steroid dienone is 2. The number of anilines is 1. The number of hydrogen-bond donors (Lipinski definition) is 1. The minimum Gasteiger partial charge on any atom is -0.379 e. The smallest absolute Gasteiger partial charge is 0.0942 e. The van der Waals surface area contributed by atoms with Gasteiger partial charge >= 0.3 is 0 Å². The Balaban J connectivity index is 1.88. The molecule has 3 heterocycles. The molecule has 0 aromatic carbocycles. The van der Waals surface area contributed by atoms with Gasteiger partial charge in [0.2, 0.25) is 0 Å². The Hall–Kier alpha value is -2.53. The molecule has 1 saturated carbocycles. The van der Waals surface area contributed by atoms with Crippen LogP contribution in [0.3, 0.4) is 0 Å². The van der Waals surface area contributed by atoms with Crippen LogP contribution in [0.1, 0.15) is 96.1 Å². The summed E-state index contributed by atoms with van der Waals surface area (Å²) >= 11 is 1.78. The molecule has 0 spiro atoms. The Morgan fingerprint density at radius 2 is 2.03 bits per heavy atom. The SMILES string of the molecule is C=C(C)S/C(=C\C(C)CC)CNc1cc(-c2cccnc2C2CCC2)nc2c(C)c(CC)n(C(C)C)c12. The van der Waals surface area contributed by atoms with Crippen molar-refractivity contribution in [1.82, 2.24) is 14.5 Å². The van der Waals surface area contributed by atoms with Crippen molar-refractivity contribution < 1.29 is 0 Å². The maximum atomic E-state index is 5.32. The van der Waals surface area contributed by atoms with Crippen molar-refractivity contribution in [1.29, 1.82) is 0 Å². The fourth-order valence-electron chi connectivity index (χ4n) is 5.39. The third-order valence-corrected chi connectivity index (χ3v) is 8.53. The molecule has 3 aromatic heterocycles. The number of rotatable bonds is 11. The summed E-state index contributed by atoms with van der Waals surface area (Å²) in [6, 6.07) is 6.88. The molecule has 0 bridgehead atoms. The number of aryl methyl sites for hydroxylation is 1. The maximum absolute atomic E-state index is 5.32. The summed E-state index contributed by atoms with van der Waals surface area (Å²) in [5.74, 6) is 1.08. The average Bonchev–Trinajstić information content (AvgIpc) is 3.13. The third-order valence-electron chi connectivity index (χ3n) is 7.64. The molecule has 0 amide bonds. The quantitative estimate of drug-likeness (QED) is 0.276. The molecule has 5 heteroatoms.